The largest absolute Gasteiger partial charge is 0.444 e. The lowest BCUT2D eigenvalue weighted by Gasteiger charge is -2.42. The van der Waals surface area contributed by atoms with E-state index in [4.69, 9.17) is 9.72 Å². The Hall–Kier alpha value is -3.57. The highest BCUT2D eigenvalue weighted by molar-refractivity contribution is 7.14. The van der Waals surface area contributed by atoms with E-state index in [1.165, 1.54) is 17.4 Å². The molecule has 3 atom stereocenters. The average molecular weight is 596 g/mol. The van der Waals surface area contributed by atoms with E-state index in [2.05, 4.69) is 10.2 Å². The molecule has 42 heavy (non-hydrogen) atoms. The number of nitrogens with zero attached hydrogens (tertiary/aromatic N) is 4. The number of ether oxygens (including phenoxy) is 1. The molecule has 1 aromatic carbocycles. The summed E-state index contributed by atoms with van der Waals surface area (Å²) in [5.74, 6) is -0.889. The van der Waals surface area contributed by atoms with Crippen LogP contribution in [0.25, 0.3) is 0 Å². The van der Waals surface area contributed by atoms with Gasteiger partial charge in [-0.1, -0.05) is 25.1 Å². The molecule has 3 aliphatic rings. The van der Waals surface area contributed by atoms with Crippen LogP contribution in [-0.4, -0.2) is 70.9 Å². The number of aldehydes is 1. The minimum absolute atomic E-state index is 0.0796. The molecule has 3 unspecified atom stereocenters. The first-order valence-corrected chi connectivity index (χ1v) is 15.1. The second-order valence-corrected chi connectivity index (χ2v) is 13.3. The van der Waals surface area contributed by atoms with Gasteiger partial charge in [-0.05, 0) is 58.4 Å². The third kappa shape index (κ3) is 5.59. The van der Waals surface area contributed by atoms with E-state index in [0.29, 0.717) is 37.0 Å². The summed E-state index contributed by atoms with van der Waals surface area (Å²) in [6.45, 7) is 13.1. The highest BCUT2D eigenvalue weighted by Crippen LogP contribution is 2.46. The number of hydrogen-bond donors (Lipinski definition) is 1. The average Bonchev–Trinajstić information content (AvgIpc) is 3.49. The molecule has 2 aromatic rings. The molecule has 3 heterocycles. The Kier molecular flexibility index (Phi) is 8.02. The Bertz CT molecular complexity index is 1440. The standard InChI is InChI=1S/C31H38FN5O4S/c1-19-21(32)11-12-25(35-13-15-36(16-14-35)29(40)41-30(2,3)4)26(19)33-22(17-38)23-18-42-28(34-23)37-24-10-8-7-9-20(24)31(5,6)27(37)39/h7-12,17-19,22,26,33H,13-16H2,1-6H3. The maximum Gasteiger partial charge on any atom is 0.410 e. The Morgan fingerprint density at radius 2 is 1.88 bits per heavy atom. The fourth-order valence-electron chi connectivity index (χ4n) is 5.64. The number of carbonyl (C=O) groups excluding carboxylic acids is 3. The van der Waals surface area contributed by atoms with Crippen LogP contribution in [0.15, 0.2) is 53.3 Å². The summed E-state index contributed by atoms with van der Waals surface area (Å²) >= 11 is 1.29. The second kappa shape index (κ2) is 11.3. The van der Waals surface area contributed by atoms with Crippen LogP contribution in [0, 0.1) is 5.92 Å². The summed E-state index contributed by atoms with van der Waals surface area (Å²) in [6.07, 6.45) is 3.63. The summed E-state index contributed by atoms with van der Waals surface area (Å²) in [5, 5.41) is 5.60. The number of thiazole rings is 1. The molecule has 1 saturated heterocycles. The molecule has 1 fully saturated rings. The zero-order valence-electron chi connectivity index (χ0n) is 24.9. The third-order valence-corrected chi connectivity index (χ3v) is 8.88. The fraction of sp³-hybridized carbons (Fsp3) is 0.484. The van der Waals surface area contributed by atoms with Crippen LogP contribution in [0.1, 0.15) is 58.8 Å². The van der Waals surface area contributed by atoms with Crippen molar-refractivity contribution in [3.05, 3.63) is 64.6 Å². The van der Waals surface area contributed by atoms with Crippen molar-refractivity contribution in [1.82, 2.24) is 20.1 Å². The summed E-state index contributed by atoms with van der Waals surface area (Å²) in [5.41, 5.74) is 1.76. The van der Waals surface area contributed by atoms with Crippen molar-refractivity contribution in [2.45, 2.75) is 64.6 Å². The van der Waals surface area contributed by atoms with Crippen LogP contribution < -0.4 is 10.2 Å². The van der Waals surface area contributed by atoms with E-state index in [0.717, 1.165) is 23.2 Å². The number of allylic oxidation sites excluding steroid dienone is 2. The van der Waals surface area contributed by atoms with Crippen molar-refractivity contribution in [3.8, 4) is 0 Å². The highest BCUT2D eigenvalue weighted by atomic mass is 32.1. The minimum Gasteiger partial charge on any atom is -0.444 e. The van der Waals surface area contributed by atoms with Crippen LogP contribution in [0.4, 0.5) is 20.0 Å². The van der Waals surface area contributed by atoms with E-state index in [9.17, 15) is 18.8 Å². The zero-order chi connectivity index (χ0) is 30.4. The Morgan fingerprint density at radius 3 is 2.55 bits per heavy atom. The summed E-state index contributed by atoms with van der Waals surface area (Å²) in [6, 6.07) is 6.33. The van der Waals surface area contributed by atoms with Crippen molar-refractivity contribution in [2.24, 2.45) is 5.92 Å². The van der Waals surface area contributed by atoms with Gasteiger partial charge in [0.25, 0.3) is 0 Å². The van der Waals surface area contributed by atoms with E-state index in [1.54, 1.807) is 28.2 Å². The van der Waals surface area contributed by atoms with Gasteiger partial charge in [-0.15, -0.1) is 11.3 Å². The van der Waals surface area contributed by atoms with Crippen LogP contribution in [-0.2, 0) is 19.7 Å². The van der Waals surface area contributed by atoms with E-state index >= 15 is 0 Å². The Balaban J connectivity index is 1.33. The van der Waals surface area contributed by atoms with Gasteiger partial charge in [0.2, 0.25) is 5.91 Å². The monoisotopic (exact) mass is 595 g/mol. The number of anilines is 2. The highest BCUT2D eigenvalue weighted by Gasteiger charge is 2.45. The molecule has 1 N–H and O–H groups in total. The van der Waals surface area contributed by atoms with Crippen LogP contribution in [0.2, 0.25) is 0 Å². The lowest BCUT2D eigenvalue weighted by Crippen LogP contribution is -2.53. The predicted molar refractivity (Wildman–Crippen MR) is 160 cm³/mol. The van der Waals surface area contributed by atoms with Crippen molar-refractivity contribution in [1.29, 1.82) is 0 Å². The van der Waals surface area contributed by atoms with Crippen LogP contribution >= 0.6 is 11.3 Å². The number of aromatic nitrogens is 1. The molecule has 2 amide bonds. The fourth-order valence-corrected chi connectivity index (χ4v) is 6.51. The molecule has 0 bridgehead atoms. The van der Waals surface area contributed by atoms with Gasteiger partial charge < -0.3 is 19.3 Å². The first-order chi connectivity index (χ1) is 19.8. The smallest absolute Gasteiger partial charge is 0.410 e. The number of fused-ring (bicyclic) bond motifs is 1. The molecule has 1 aliphatic carbocycles. The van der Waals surface area contributed by atoms with Crippen molar-refractivity contribution in [2.75, 3.05) is 31.1 Å². The van der Waals surface area contributed by atoms with Gasteiger partial charge in [0, 0.05) is 43.2 Å². The number of carbonyl (C=O) groups is 3. The first kappa shape index (κ1) is 29.9. The normalized spacial score (nSPS) is 22.8. The number of amides is 2. The molecule has 2 aliphatic heterocycles. The van der Waals surface area contributed by atoms with Gasteiger partial charge in [0.1, 0.15) is 23.8 Å². The number of para-hydroxylation sites is 1. The SMILES string of the molecule is CC1C(F)=CC=C(N2CCN(C(=O)OC(C)(C)C)CC2)C1NC(C=O)c1csc(N2C(=O)C(C)(C)c3ccccc32)n1. The molecule has 1 aromatic heterocycles. The third-order valence-electron chi connectivity index (χ3n) is 8.03. The van der Waals surface area contributed by atoms with Crippen LogP contribution in [0.3, 0.4) is 0 Å². The topological polar surface area (TPSA) is 95.1 Å². The molecule has 11 heteroatoms. The van der Waals surface area contributed by atoms with Crippen LogP contribution in [0.5, 0.6) is 0 Å². The maximum atomic E-state index is 14.9. The second-order valence-electron chi connectivity index (χ2n) is 12.5. The number of halogens is 1. The molecular weight excluding hydrogens is 557 g/mol. The summed E-state index contributed by atoms with van der Waals surface area (Å²) in [4.78, 5) is 48.5. The van der Waals surface area contributed by atoms with Gasteiger partial charge in [-0.3, -0.25) is 15.0 Å². The molecule has 0 saturated carbocycles. The van der Waals surface area contributed by atoms with Crippen molar-refractivity contribution in [3.63, 3.8) is 0 Å². The molecule has 0 spiro atoms. The van der Waals surface area contributed by atoms with E-state index in [1.807, 2.05) is 58.9 Å². The van der Waals surface area contributed by atoms with Gasteiger partial charge in [-0.25, -0.2) is 14.2 Å². The van der Waals surface area contributed by atoms with Gasteiger partial charge in [0.15, 0.2) is 5.13 Å². The number of piperazine rings is 1. The summed E-state index contributed by atoms with van der Waals surface area (Å²) in [7, 11) is 0. The van der Waals surface area contributed by atoms with E-state index < -0.39 is 29.0 Å². The molecule has 9 nitrogen and oxygen atoms in total. The zero-order valence-corrected chi connectivity index (χ0v) is 25.7. The number of rotatable bonds is 6. The maximum absolute atomic E-state index is 14.9. The quantitative estimate of drug-likeness (QED) is 0.457. The number of nitrogens with one attached hydrogen (secondary N) is 1. The molecule has 5 rings (SSSR count). The minimum atomic E-state index is -0.819. The Labute approximate surface area is 250 Å². The first-order valence-electron chi connectivity index (χ1n) is 14.2. The molecular formula is C31H38FN5O4S. The van der Waals surface area contributed by atoms with Gasteiger partial charge >= 0.3 is 6.09 Å². The van der Waals surface area contributed by atoms with Gasteiger partial charge in [0.05, 0.1) is 22.8 Å². The predicted octanol–water partition coefficient (Wildman–Crippen LogP) is 5.24. The number of hydrogen-bond acceptors (Lipinski definition) is 8. The van der Waals surface area contributed by atoms with Crippen molar-refractivity contribution >= 4 is 40.4 Å². The molecule has 224 valence electrons. The van der Waals surface area contributed by atoms with Crippen molar-refractivity contribution < 1.29 is 23.5 Å². The lowest BCUT2D eigenvalue weighted by atomic mass is 9.86. The lowest BCUT2D eigenvalue weighted by molar-refractivity contribution is -0.121. The Morgan fingerprint density at radius 1 is 1.19 bits per heavy atom. The number of benzene rings is 1. The van der Waals surface area contributed by atoms with Gasteiger partial charge in [-0.2, -0.15) is 0 Å². The van der Waals surface area contributed by atoms with E-state index in [-0.39, 0.29) is 17.8 Å². The summed E-state index contributed by atoms with van der Waals surface area (Å²) < 4.78 is 20.4. The molecule has 0 radical (unpaired) electrons.